The van der Waals surface area contributed by atoms with Crippen molar-refractivity contribution in [1.82, 2.24) is 21.3 Å². The van der Waals surface area contributed by atoms with Crippen LogP contribution in [-0.2, 0) is 30.5 Å². The predicted octanol–water partition coefficient (Wildman–Crippen LogP) is 6.93. The molecule has 16 heteroatoms. The molecule has 5 aromatic rings. The predicted molar refractivity (Wildman–Crippen MR) is 252 cm³/mol. The largest absolute Gasteiger partial charge is 0.484 e. The quantitative estimate of drug-likeness (QED) is 0.0211. The molecular weight excluding hydrogens is 878 g/mol. The van der Waals surface area contributed by atoms with Gasteiger partial charge in [-0.1, -0.05) is 61.0 Å². The van der Waals surface area contributed by atoms with Gasteiger partial charge in [0.05, 0.1) is 18.0 Å². The number of benzene rings is 5. The van der Waals surface area contributed by atoms with E-state index in [-0.39, 0.29) is 62.1 Å². The third kappa shape index (κ3) is 13.7. The summed E-state index contributed by atoms with van der Waals surface area (Å²) in [5, 5.41) is 14.6. The summed E-state index contributed by atoms with van der Waals surface area (Å²) in [6.45, 7) is 1.83. The molecule has 14 nitrogen and oxygen atoms in total. The lowest BCUT2D eigenvalue weighted by atomic mass is 9.97. The number of halogens is 1. The highest BCUT2D eigenvalue weighted by Crippen LogP contribution is 2.33. The van der Waals surface area contributed by atoms with Crippen LogP contribution in [0.5, 0.6) is 11.5 Å². The maximum absolute atomic E-state index is 15.2. The summed E-state index contributed by atoms with van der Waals surface area (Å²) in [6, 6.07) is 33.7. The number of thioether (sulfide) groups is 1. The Kier molecular flexibility index (Phi) is 16.6. The van der Waals surface area contributed by atoms with Gasteiger partial charge in [-0.3, -0.25) is 24.0 Å². The average Bonchev–Trinajstić information content (AvgIpc) is 3.91. The van der Waals surface area contributed by atoms with Gasteiger partial charge in [-0.05, 0) is 103 Å². The molecule has 4 atom stereocenters. The molecule has 5 aromatic carbocycles. The molecular formula is C51H52FN5O9S. The van der Waals surface area contributed by atoms with Crippen LogP contribution in [0.25, 0.3) is 11.1 Å². The Hall–Kier alpha value is -7.20. The van der Waals surface area contributed by atoms with E-state index < -0.39 is 23.6 Å². The zero-order valence-corrected chi connectivity index (χ0v) is 37.7. The summed E-state index contributed by atoms with van der Waals surface area (Å²) in [7, 11) is 0. The first kappa shape index (κ1) is 47.8. The molecule has 348 valence electrons. The number of carbonyl (C=O) groups is 6. The molecule has 2 fully saturated rings. The highest BCUT2D eigenvalue weighted by molar-refractivity contribution is 8.00. The normalized spacial score (nSPS) is 16.4. The van der Waals surface area contributed by atoms with Crippen molar-refractivity contribution in [2.24, 2.45) is 0 Å². The molecule has 0 spiro atoms. The number of ether oxygens (including phenoxy) is 3. The molecule has 2 saturated heterocycles. The molecule has 0 aromatic heterocycles. The second kappa shape index (κ2) is 23.3. The molecule has 67 heavy (non-hydrogen) atoms. The average molecular weight is 930 g/mol. The summed E-state index contributed by atoms with van der Waals surface area (Å²) in [6.07, 6.45) is 2.99. The van der Waals surface area contributed by atoms with Crippen LogP contribution in [0, 0.1) is 5.82 Å². The first-order chi connectivity index (χ1) is 32.5. The molecule has 7 rings (SSSR count). The molecule has 0 aliphatic carbocycles. The van der Waals surface area contributed by atoms with Crippen LogP contribution in [0.15, 0.2) is 121 Å². The maximum atomic E-state index is 15.2. The van der Waals surface area contributed by atoms with E-state index in [4.69, 9.17) is 14.2 Å². The van der Waals surface area contributed by atoms with Gasteiger partial charge in [0.25, 0.3) is 11.8 Å². The standard InChI is InChI=1S/C51H52FN5O9S/c1-32(50(62)66-28-33-7-3-2-4-8-33)37-17-24-41(42(52)27-37)34-11-18-38(19-12-34)55-47(60)30-65-40-22-15-36(16-23-40)49(61)35-13-20-39(21-14-35)64-29-46(59)54-26-25-53-45(58)10-6-5-9-44-48-43(31-67-44)56-51(63)57-48/h2-4,7-8,11-24,27,32,43-44,48H,5-6,9-10,25-26,28-31H2,1H3,(H,53,58)(H,54,59)(H,55,60)(H2,56,57,63). The Balaban J connectivity index is 0.759. The SMILES string of the molecule is CC(C(=O)OCc1ccccc1)c1ccc(-c2ccc(NC(=O)COc3ccc(C(=O)c4ccc(OCC(=O)NCCNC(=O)CCCCC5SCC6NC(=O)NC65)cc4)cc3)cc2)c(F)c1. The highest BCUT2D eigenvalue weighted by atomic mass is 32.2. The van der Waals surface area contributed by atoms with E-state index >= 15 is 4.39 Å². The topological polar surface area (TPSA) is 190 Å². The van der Waals surface area contributed by atoms with Gasteiger partial charge in [-0.2, -0.15) is 11.8 Å². The van der Waals surface area contributed by atoms with Crippen LogP contribution in [-0.4, -0.2) is 84.9 Å². The number of ketones is 1. The molecule has 0 radical (unpaired) electrons. The summed E-state index contributed by atoms with van der Waals surface area (Å²) in [5.74, 6) is -0.997. The smallest absolute Gasteiger partial charge is 0.315 e. The molecule has 0 saturated carbocycles. The summed E-state index contributed by atoms with van der Waals surface area (Å²) in [4.78, 5) is 74.5. The summed E-state index contributed by atoms with van der Waals surface area (Å²) in [5.41, 5.74) is 3.58. The van der Waals surface area contributed by atoms with Crippen molar-refractivity contribution in [1.29, 1.82) is 0 Å². The van der Waals surface area contributed by atoms with E-state index in [1.807, 2.05) is 42.1 Å². The van der Waals surface area contributed by atoms with Gasteiger partial charge >= 0.3 is 12.0 Å². The van der Waals surface area contributed by atoms with Gasteiger partial charge in [0.15, 0.2) is 19.0 Å². The van der Waals surface area contributed by atoms with Gasteiger partial charge < -0.3 is 40.8 Å². The minimum atomic E-state index is -0.657. The van der Waals surface area contributed by atoms with Crippen molar-refractivity contribution < 1.29 is 47.4 Å². The van der Waals surface area contributed by atoms with Crippen molar-refractivity contribution in [2.75, 3.05) is 37.4 Å². The number of hydrogen-bond donors (Lipinski definition) is 5. The fourth-order valence-electron chi connectivity index (χ4n) is 7.64. The van der Waals surface area contributed by atoms with Gasteiger partial charge in [0.2, 0.25) is 5.91 Å². The molecule has 5 N–H and O–H groups in total. The fraction of sp³-hybridized carbons (Fsp3) is 0.294. The minimum absolute atomic E-state index is 0.0764. The number of esters is 1. The number of rotatable bonds is 22. The lowest BCUT2D eigenvalue weighted by molar-refractivity contribution is -0.146. The van der Waals surface area contributed by atoms with Crippen LogP contribution < -0.4 is 36.1 Å². The third-order valence-corrected chi connectivity index (χ3v) is 12.9. The van der Waals surface area contributed by atoms with E-state index in [0.717, 1.165) is 30.6 Å². The van der Waals surface area contributed by atoms with Crippen LogP contribution in [0.4, 0.5) is 14.9 Å². The first-order valence-electron chi connectivity index (χ1n) is 22.1. The second-order valence-corrected chi connectivity index (χ2v) is 17.5. The van der Waals surface area contributed by atoms with E-state index in [2.05, 4.69) is 26.6 Å². The van der Waals surface area contributed by atoms with E-state index in [9.17, 15) is 28.8 Å². The van der Waals surface area contributed by atoms with E-state index in [0.29, 0.717) is 63.2 Å². The Morgan fingerprint density at radius 3 is 2.04 bits per heavy atom. The Morgan fingerprint density at radius 1 is 0.746 bits per heavy atom. The van der Waals surface area contributed by atoms with Gasteiger partial charge in [-0.25, -0.2) is 9.18 Å². The van der Waals surface area contributed by atoms with Crippen molar-refractivity contribution in [3.05, 3.63) is 149 Å². The molecule has 0 bridgehead atoms. The number of fused-ring (bicyclic) bond motifs is 1. The number of hydrogen-bond acceptors (Lipinski definition) is 10. The zero-order valence-electron chi connectivity index (χ0n) is 36.9. The van der Waals surface area contributed by atoms with Crippen molar-refractivity contribution in [2.45, 2.75) is 62.5 Å². The van der Waals surface area contributed by atoms with E-state index in [1.54, 1.807) is 91.9 Å². The summed E-state index contributed by atoms with van der Waals surface area (Å²) >= 11 is 1.86. The number of urea groups is 1. The highest BCUT2D eigenvalue weighted by Gasteiger charge is 2.42. The van der Waals surface area contributed by atoms with Gasteiger partial charge in [0.1, 0.15) is 23.9 Å². The Labute approximate surface area is 392 Å². The first-order valence-corrected chi connectivity index (χ1v) is 23.2. The van der Waals surface area contributed by atoms with Crippen LogP contribution in [0.2, 0.25) is 0 Å². The molecule has 4 unspecified atom stereocenters. The molecule has 5 amide bonds. The monoisotopic (exact) mass is 929 g/mol. The third-order valence-electron chi connectivity index (χ3n) is 11.4. The number of unbranched alkanes of at least 4 members (excludes halogenated alkanes) is 1. The Morgan fingerprint density at radius 2 is 1.39 bits per heavy atom. The molecule has 2 heterocycles. The van der Waals surface area contributed by atoms with Crippen LogP contribution >= 0.6 is 11.8 Å². The molecule has 2 aliphatic rings. The lowest BCUT2D eigenvalue weighted by Crippen LogP contribution is -2.37. The lowest BCUT2D eigenvalue weighted by Gasteiger charge is -2.16. The van der Waals surface area contributed by atoms with Crippen molar-refractivity contribution in [3.63, 3.8) is 0 Å². The van der Waals surface area contributed by atoms with Crippen LogP contribution in [0.1, 0.15) is 65.6 Å². The maximum Gasteiger partial charge on any atom is 0.315 e. The molecule has 2 aliphatic heterocycles. The fourth-order valence-corrected chi connectivity index (χ4v) is 9.19. The second-order valence-electron chi connectivity index (χ2n) is 16.2. The number of amides is 5. The van der Waals surface area contributed by atoms with Gasteiger partial charge in [0, 0.05) is 52.9 Å². The zero-order chi connectivity index (χ0) is 47.1. The number of anilines is 1. The minimum Gasteiger partial charge on any atom is -0.484 e. The number of carbonyl (C=O) groups excluding carboxylic acids is 6. The van der Waals surface area contributed by atoms with Crippen molar-refractivity contribution in [3.8, 4) is 22.6 Å². The number of nitrogens with one attached hydrogen (secondary N) is 5. The van der Waals surface area contributed by atoms with E-state index in [1.165, 1.54) is 6.07 Å². The Bertz CT molecular complexity index is 2530. The van der Waals surface area contributed by atoms with Crippen molar-refractivity contribution >= 4 is 53.0 Å². The van der Waals surface area contributed by atoms with Gasteiger partial charge in [-0.15, -0.1) is 0 Å². The van der Waals surface area contributed by atoms with Crippen LogP contribution in [0.3, 0.4) is 0 Å². The summed E-state index contributed by atoms with van der Waals surface area (Å²) < 4.78 is 31.9.